The van der Waals surface area contributed by atoms with E-state index in [1.807, 2.05) is 0 Å². The lowest BCUT2D eigenvalue weighted by Gasteiger charge is -2.27. The van der Waals surface area contributed by atoms with Crippen LogP contribution in [0.2, 0.25) is 0 Å². The first-order chi connectivity index (χ1) is 5.45. The quantitative estimate of drug-likeness (QED) is 0.563. The summed E-state index contributed by atoms with van der Waals surface area (Å²) < 4.78 is 4.80. The summed E-state index contributed by atoms with van der Waals surface area (Å²) in [6, 6.07) is 0. The van der Waals surface area contributed by atoms with E-state index in [9.17, 15) is 9.90 Å². The van der Waals surface area contributed by atoms with Crippen LogP contribution in [0.25, 0.3) is 0 Å². The molecule has 0 aromatic carbocycles. The Hall–Kier alpha value is -0.610. The summed E-state index contributed by atoms with van der Waals surface area (Å²) in [4.78, 5) is 10.8. The fraction of sp³-hybridized carbons (Fsp3) is 0.875. The number of aliphatic hydroxyl groups excluding tert-OH is 1. The Balaban J connectivity index is 2.70. The number of cyclic esters (lactones) is 1. The van der Waals surface area contributed by atoms with Crippen LogP contribution in [0, 0.1) is 5.92 Å². The molecule has 0 aromatic heterocycles. The van der Waals surface area contributed by atoms with Crippen LogP contribution in [0.15, 0.2) is 0 Å². The van der Waals surface area contributed by atoms with Crippen molar-refractivity contribution in [1.29, 1.82) is 0 Å². The topological polar surface area (TPSA) is 66.8 Å². The number of hydrogen-bond donors (Lipinski definition) is 2. The minimum atomic E-state index is -0.973. The number of carbonyl (C=O) groups excluding carboxylic acids is 1. The highest BCUT2D eigenvalue weighted by Crippen LogP contribution is 2.31. The molecule has 0 unspecified atom stereocenters. The molecule has 1 saturated heterocycles. The van der Waals surface area contributed by atoms with Gasteiger partial charge in [0.05, 0.1) is 18.6 Å². The van der Waals surface area contributed by atoms with Gasteiger partial charge in [-0.25, -0.2) is 0 Å². The standard InChI is InChI=1S/C8H14O4/c1-8(2,11)5-3-7(10)12-6(5)4-9/h5-6,9,11H,3-4H2,1-2H3/t5-,6+/m0/s1. The average molecular weight is 174 g/mol. The van der Waals surface area contributed by atoms with Gasteiger partial charge >= 0.3 is 5.97 Å². The van der Waals surface area contributed by atoms with Gasteiger partial charge in [0.25, 0.3) is 0 Å². The van der Waals surface area contributed by atoms with Crippen molar-refractivity contribution in [2.75, 3.05) is 6.61 Å². The molecule has 1 fully saturated rings. The summed E-state index contributed by atoms with van der Waals surface area (Å²) in [5, 5.41) is 18.4. The van der Waals surface area contributed by atoms with Gasteiger partial charge in [0.15, 0.2) is 0 Å². The Labute approximate surface area is 71.2 Å². The van der Waals surface area contributed by atoms with Gasteiger partial charge in [-0.2, -0.15) is 0 Å². The molecule has 1 aliphatic heterocycles. The minimum absolute atomic E-state index is 0.189. The molecule has 0 saturated carbocycles. The predicted octanol–water partition coefficient (Wildman–Crippen LogP) is -0.319. The van der Waals surface area contributed by atoms with Crippen LogP contribution in [0.4, 0.5) is 0 Å². The maximum absolute atomic E-state index is 10.8. The number of aliphatic hydroxyl groups is 2. The summed E-state index contributed by atoms with van der Waals surface area (Å²) in [6.07, 6.45) is -0.355. The van der Waals surface area contributed by atoms with Gasteiger partial charge in [-0.1, -0.05) is 0 Å². The van der Waals surface area contributed by atoms with Gasteiger partial charge in [0, 0.05) is 5.92 Å². The van der Waals surface area contributed by atoms with E-state index in [0.717, 1.165) is 0 Å². The van der Waals surface area contributed by atoms with Crippen LogP contribution in [-0.4, -0.2) is 34.5 Å². The molecule has 4 nitrogen and oxygen atoms in total. The molecule has 1 aliphatic rings. The third-order valence-corrected chi connectivity index (χ3v) is 2.21. The molecule has 0 spiro atoms. The molecular weight excluding hydrogens is 160 g/mol. The molecule has 0 aliphatic carbocycles. The van der Waals surface area contributed by atoms with E-state index < -0.39 is 11.7 Å². The molecular formula is C8H14O4. The van der Waals surface area contributed by atoms with E-state index in [0.29, 0.717) is 0 Å². The first-order valence-electron chi connectivity index (χ1n) is 3.98. The second kappa shape index (κ2) is 3.03. The molecule has 0 radical (unpaired) electrons. The Morgan fingerprint density at radius 3 is 2.58 bits per heavy atom. The lowest BCUT2D eigenvalue weighted by Crippen LogP contribution is -2.38. The number of hydrogen-bond acceptors (Lipinski definition) is 4. The van der Waals surface area contributed by atoms with Crippen molar-refractivity contribution in [2.24, 2.45) is 5.92 Å². The lowest BCUT2D eigenvalue weighted by atomic mass is 9.85. The number of ether oxygens (including phenoxy) is 1. The fourth-order valence-corrected chi connectivity index (χ4v) is 1.48. The number of carbonyl (C=O) groups is 1. The van der Waals surface area contributed by atoms with E-state index in [-0.39, 0.29) is 24.9 Å². The predicted molar refractivity (Wildman–Crippen MR) is 41.4 cm³/mol. The van der Waals surface area contributed by atoms with Crippen molar-refractivity contribution >= 4 is 5.97 Å². The van der Waals surface area contributed by atoms with Crippen molar-refractivity contribution in [3.05, 3.63) is 0 Å². The summed E-state index contributed by atoms with van der Waals surface area (Å²) in [7, 11) is 0. The molecule has 0 amide bonds. The Bertz CT molecular complexity index is 182. The van der Waals surface area contributed by atoms with Crippen LogP contribution in [0.5, 0.6) is 0 Å². The van der Waals surface area contributed by atoms with Crippen LogP contribution < -0.4 is 0 Å². The molecule has 1 rings (SSSR count). The van der Waals surface area contributed by atoms with E-state index in [1.54, 1.807) is 13.8 Å². The Morgan fingerprint density at radius 1 is 1.67 bits per heavy atom. The van der Waals surface area contributed by atoms with Crippen LogP contribution in [-0.2, 0) is 9.53 Å². The highest BCUT2D eigenvalue weighted by atomic mass is 16.6. The van der Waals surface area contributed by atoms with Crippen molar-refractivity contribution in [3.8, 4) is 0 Å². The van der Waals surface area contributed by atoms with Crippen molar-refractivity contribution in [1.82, 2.24) is 0 Å². The van der Waals surface area contributed by atoms with Crippen molar-refractivity contribution < 1.29 is 19.7 Å². The van der Waals surface area contributed by atoms with E-state index >= 15 is 0 Å². The maximum Gasteiger partial charge on any atom is 0.306 e. The van der Waals surface area contributed by atoms with Crippen molar-refractivity contribution in [2.45, 2.75) is 32.0 Å². The maximum atomic E-state index is 10.8. The first-order valence-corrected chi connectivity index (χ1v) is 3.98. The fourth-order valence-electron chi connectivity index (χ4n) is 1.48. The van der Waals surface area contributed by atoms with Gasteiger partial charge in [-0.05, 0) is 13.8 Å². The monoisotopic (exact) mass is 174 g/mol. The third kappa shape index (κ3) is 1.76. The molecule has 4 heteroatoms. The van der Waals surface area contributed by atoms with Crippen LogP contribution in [0.1, 0.15) is 20.3 Å². The van der Waals surface area contributed by atoms with Gasteiger partial charge in [-0.15, -0.1) is 0 Å². The zero-order valence-electron chi connectivity index (χ0n) is 7.28. The number of esters is 1. The van der Waals surface area contributed by atoms with Gasteiger partial charge in [-0.3, -0.25) is 4.79 Å². The molecule has 70 valence electrons. The number of rotatable bonds is 2. The SMILES string of the molecule is CC(C)(O)[C@H]1CC(=O)O[C@@H]1CO. The van der Waals surface area contributed by atoms with Gasteiger partial charge < -0.3 is 14.9 Å². The smallest absolute Gasteiger partial charge is 0.306 e. The highest BCUT2D eigenvalue weighted by molar-refractivity contribution is 5.72. The second-order valence-corrected chi connectivity index (χ2v) is 3.68. The van der Waals surface area contributed by atoms with Gasteiger partial charge in [0.1, 0.15) is 6.10 Å². The Morgan fingerprint density at radius 2 is 2.25 bits per heavy atom. The van der Waals surface area contributed by atoms with E-state index in [4.69, 9.17) is 9.84 Å². The molecule has 0 bridgehead atoms. The Kier molecular flexibility index (Phi) is 2.39. The third-order valence-electron chi connectivity index (χ3n) is 2.21. The molecule has 0 aromatic rings. The van der Waals surface area contributed by atoms with Crippen molar-refractivity contribution in [3.63, 3.8) is 0 Å². The minimum Gasteiger partial charge on any atom is -0.459 e. The average Bonchev–Trinajstić information content (AvgIpc) is 2.29. The van der Waals surface area contributed by atoms with E-state index in [2.05, 4.69) is 0 Å². The molecule has 1 heterocycles. The van der Waals surface area contributed by atoms with Crippen LogP contribution in [0.3, 0.4) is 0 Å². The van der Waals surface area contributed by atoms with Gasteiger partial charge in [0.2, 0.25) is 0 Å². The molecule has 2 N–H and O–H groups in total. The molecule has 12 heavy (non-hydrogen) atoms. The zero-order chi connectivity index (χ0) is 9.35. The first kappa shape index (κ1) is 9.48. The summed E-state index contributed by atoms with van der Waals surface area (Å²) in [5.41, 5.74) is -0.973. The van der Waals surface area contributed by atoms with E-state index in [1.165, 1.54) is 0 Å². The normalized spacial score (nSPS) is 30.5. The molecule has 2 atom stereocenters. The largest absolute Gasteiger partial charge is 0.459 e. The second-order valence-electron chi connectivity index (χ2n) is 3.68. The lowest BCUT2D eigenvalue weighted by molar-refractivity contribution is -0.143. The van der Waals surface area contributed by atoms with Crippen LogP contribution >= 0.6 is 0 Å². The summed E-state index contributed by atoms with van der Waals surface area (Å²) >= 11 is 0. The summed E-state index contributed by atoms with van der Waals surface area (Å²) in [5.74, 6) is -0.642. The summed E-state index contributed by atoms with van der Waals surface area (Å²) in [6.45, 7) is 3.00. The highest BCUT2D eigenvalue weighted by Gasteiger charge is 2.42. The zero-order valence-corrected chi connectivity index (χ0v) is 7.28.